The summed E-state index contributed by atoms with van der Waals surface area (Å²) in [6, 6.07) is 14.4. The third-order valence-corrected chi connectivity index (χ3v) is 3.83. The van der Waals surface area contributed by atoms with E-state index in [-0.39, 0.29) is 16.7 Å². The first-order chi connectivity index (χ1) is 11.1. The molecule has 0 atom stereocenters. The van der Waals surface area contributed by atoms with Gasteiger partial charge < -0.3 is 5.11 Å². The Kier molecular flexibility index (Phi) is 5.87. The van der Waals surface area contributed by atoms with Crippen molar-refractivity contribution in [3.8, 4) is 6.07 Å². The molecule has 4 heteroatoms. The molecule has 0 aliphatic carbocycles. The van der Waals surface area contributed by atoms with Gasteiger partial charge in [0.15, 0.2) is 0 Å². The van der Waals surface area contributed by atoms with Gasteiger partial charge in [0.25, 0.3) is 0 Å². The molecule has 23 heavy (non-hydrogen) atoms. The van der Waals surface area contributed by atoms with Gasteiger partial charge in [-0.2, -0.15) is 5.26 Å². The summed E-state index contributed by atoms with van der Waals surface area (Å²) in [6.45, 7) is 0. The van der Waals surface area contributed by atoms with Gasteiger partial charge in [-0.15, -0.1) is 0 Å². The number of nitrogens with zero attached hydrogens (tertiary/aromatic N) is 1. The third-order valence-electron chi connectivity index (χ3n) is 3.83. The highest BCUT2D eigenvalue weighted by molar-refractivity contribution is 5.89. The van der Waals surface area contributed by atoms with Crippen LogP contribution in [0.1, 0.15) is 46.3 Å². The average Bonchev–Trinajstić information content (AvgIpc) is 2.56. The topological polar surface area (TPSA) is 61.1 Å². The van der Waals surface area contributed by atoms with Gasteiger partial charge in [-0.05, 0) is 43.4 Å². The van der Waals surface area contributed by atoms with Crippen molar-refractivity contribution in [2.75, 3.05) is 0 Å². The molecule has 0 aliphatic rings. The monoisotopic (exact) mass is 311 g/mol. The maximum absolute atomic E-state index is 14.2. The minimum Gasteiger partial charge on any atom is -0.478 e. The molecule has 0 aromatic heterocycles. The van der Waals surface area contributed by atoms with Crippen LogP contribution in [0.3, 0.4) is 0 Å². The molecule has 0 heterocycles. The number of carboxylic acids is 1. The van der Waals surface area contributed by atoms with Gasteiger partial charge in [-0.3, -0.25) is 0 Å². The molecule has 0 aliphatic heterocycles. The van der Waals surface area contributed by atoms with E-state index in [1.807, 2.05) is 18.2 Å². The minimum absolute atomic E-state index is 0.0513. The lowest BCUT2D eigenvalue weighted by atomic mass is 9.97. The fourth-order valence-corrected chi connectivity index (χ4v) is 2.60. The summed E-state index contributed by atoms with van der Waals surface area (Å²) in [5.41, 5.74) is 1.24. The number of hydrogen-bond acceptors (Lipinski definition) is 2. The number of halogens is 1. The summed E-state index contributed by atoms with van der Waals surface area (Å²) in [4.78, 5) is 11.2. The van der Waals surface area contributed by atoms with Gasteiger partial charge in [0.2, 0.25) is 0 Å². The van der Waals surface area contributed by atoms with Crippen LogP contribution in [0.15, 0.2) is 42.5 Å². The van der Waals surface area contributed by atoms with Crippen molar-refractivity contribution in [2.45, 2.75) is 32.1 Å². The Morgan fingerprint density at radius 2 is 1.74 bits per heavy atom. The zero-order valence-electron chi connectivity index (χ0n) is 12.8. The van der Waals surface area contributed by atoms with Crippen molar-refractivity contribution in [2.24, 2.45) is 0 Å². The van der Waals surface area contributed by atoms with Gasteiger partial charge in [-0.25, -0.2) is 9.18 Å². The van der Waals surface area contributed by atoms with Crippen LogP contribution < -0.4 is 0 Å². The van der Waals surface area contributed by atoms with Gasteiger partial charge in [-0.1, -0.05) is 36.8 Å². The van der Waals surface area contributed by atoms with Crippen LogP contribution in [-0.4, -0.2) is 11.1 Å². The van der Waals surface area contributed by atoms with E-state index in [2.05, 4.69) is 12.1 Å². The Morgan fingerprint density at radius 3 is 2.39 bits per heavy atom. The predicted molar refractivity (Wildman–Crippen MR) is 85.8 cm³/mol. The molecule has 2 aromatic carbocycles. The number of unbranched alkanes of at least 4 members (excludes halogenated alkanes) is 2. The molecule has 2 aromatic rings. The third kappa shape index (κ3) is 4.40. The highest BCUT2D eigenvalue weighted by Crippen LogP contribution is 2.20. The Balaban J connectivity index is 1.95. The van der Waals surface area contributed by atoms with Crippen LogP contribution in [0.2, 0.25) is 0 Å². The maximum atomic E-state index is 14.2. The number of carboxylic acid groups (broad SMARTS) is 1. The lowest BCUT2D eigenvalue weighted by Gasteiger charge is -2.09. The largest absolute Gasteiger partial charge is 0.478 e. The SMILES string of the molecule is N#Cc1ccc(C(=O)O)c(CCCCCc2ccccc2)c1F. The number of rotatable bonds is 7. The molecule has 3 nitrogen and oxygen atoms in total. The van der Waals surface area contributed by atoms with Gasteiger partial charge >= 0.3 is 5.97 Å². The molecule has 0 bridgehead atoms. The number of aromatic carboxylic acids is 1. The van der Waals surface area contributed by atoms with E-state index in [4.69, 9.17) is 10.4 Å². The summed E-state index contributed by atoms with van der Waals surface area (Å²) >= 11 is 0. The number of benzene rings is 2. The first-order valence-electron chi connectivity index (χ1n) is 7.62. The fraction of sp³-hybridized carbons (Fsp3) is 0.263. The van der Waals surface area contributed by atoms with Crippen LogP contribution in [0.4, 0.5) is 4.39 Å². The fourth-order valence-electron chi connectivity index (χ4n) is 2.60. The smallest absolute Gasteiger partial charge is 0.336 e. The minimum atomic E-state index is -1.16. The van der Waals surface area contributed by atoms with Gasteiger partial charge in [0, 0.05) is 5.56 Å². The van der Waals surface area contributed by atoms with Crippen LogP contribution in [0, 0.1) is 17.1 Å². The van der Waals surface area contributed by atoms with E-state index >= 15 is 0 Å². The lowest BCUT2D eigenvalue weighted by molar-refractivity contribution is 0.0695. The van der Waals surface area contributed by atoms with E-state index < -0.39 is 11.8 Å². The van der Waals surface area contributed by atoms with Crippen LogP contribution in [0.5, 0.6) is 0 Å². The van der Waals surface area contributed by atoms with Crippen LogP contribution >= 0.6 is 0 Å². The van der Waals surface area contributed by atoms with Crippen molar-refractivity contribution >= 4 is 5.97 Å². The summed E-state index contributed by atoms with van der Waals surface area (Å²) in [5, 5.41) is 18.0. The molecule has 0 radical (unpaired) electrons. The molecule has 0 amide bonds. The molecular formula is C19H18FNO2. The molecule has 0 unspecified atom stereocenters. The number of carbonyl (C=O) groups is 1. The standard InChI is InChI=1S/C19H18FNO2/c20-18-15(13-21)11-12-17(19(22)23)16(18)10-6-2-5-9-14-7-3-1-4-8-14/h1,3-4,7-8,11-12H,2,5-6,9-10H2,(H,22,23). The lowest BCUT2D eigenvalue weighted by Crippen LogP contribution is -2.07. The normalized spacial score (nSPS) is 10.3. The van der Waals surface area contributed by atoms with E-state index in [0.717, 1.165) is 19.3 Å². The zero-order valence-corrected chi connectivity index (χ0v) is 12.8. The quantitative estimate of drug-likeness (QED) is 0.773. The van der Waals surface area contributed by atoms with E-state index in [0.29, 0.717) is 12.8 Å². The van der Waals surface area contributed by atoms with E-state index in [1.165, 1.54) is 17.7 Å². The molecular weight excluding hydrogens is 293 g/mol. The van der Waals surface area contributed by atoms with Crippen molar-refractivity contribution in [3.63, 3.8) is 0 Å². The molecule has 0 spiro atoms. The Labute approximate surface area is 135 Å². The highest BCUT2D eigenvalue weighted by atomic mass is 19.1. The molecule has 1 N–H and O–H groups in total. The first-order valence-corrected chi connectivity index (χ1v) is 7.62. The number of hydrogen-bond donors (Lipinski definition) is 1. The zero-order chi connectivity index (χ0) is 16.7. The summed E-state index contributed by atoms with van der Waals surface area (Å²) in [6.07, 6.45) is 3.82. The van der Waals surface area contributed by atoms with Gasteiger partial charge in [0.1, 0.15) is 11.9 Å². The maximum Gasteiger partial charge on any atom is 0.336 e. The molecule has 0 fully saturated rings. The molecule has 2 rings (SSSR count). The Bertz CT molecular complexity index is 720. The average molecular weight is 311 g/mol. The second-order valence-electron chi connectivity index (χ2n) is 5.42. The second kappa shape index (κ2) is 8.09. The first kappa shape index (κ1) is 16.7. The molecule has 0 saturated carbocycles. The number of nitriles is 1. The summed E-state index contributed by atoms with van der Waals surface area (Å²) in [5.74, 6) is -1.86. The van der Waals surface area contributed by atoms with Crippen LogP contribution in [0.25, 0.3) is 0 Å². The van der Waals surface area contributed by atoms with Gasteiger partial charge in [0.05, 0.1) is 11.1 Å². The summed E-state index contributed by atoms with van der Waals surface area (Å²) in [7, 11) is 0. The van der Waals surface area contributed by atoms with E-state index in [1.54, 1.807) is 6.07 Å². The summed E-state index contributed by atoms with van der Waals surface area (Å²) < 4.78 is 14.2. The highest BCUT2D eigenvalue weighted by Gasteiger charge is 2.17. The number of aryl methyl sites for hydroxylation is 1. The molecule has 0 saturated heterocycles. The second-order valence-corrected chi connectivity index (χ2v) is 5.42. The van der Waals surface area contributed by atoms with Crippen molar-refractivity contribution in [1.82, 2.24) is 0 Å². The van der Waals surface area contributed by atoms with Crippen molar-refractivity contribution in [1.29, 1.82) is 5.26 Å². The van der Waals surface area contributed by atoms with Crippen molar-refractivity contribution in [3.05, 3.63) is 70.5 Å². The van der Waals surface area contributed by atoms with E-state index in [9.17, 15) is 9.18 Å². The molecule has 118 valence electrons. The van der Waals surface area contributed by atoms with Crippen LogP contribution in [-0.2, 0) is 12.8 Å². The Morgan fingerprint density at radius 1 is 1.04 bits per heavy atom. The van der Waals surface area contributed by atoms with Crippen molar-refractivity contribution < 1.29 is 14.3 Å². The Hall–Kier alpha value is -2.67. The predicted octanol–water partition coefficient (Wildman–Crippen LogP) is 4.35.